The summed E-state index contributed by atoms with van der Waals surface area (Å²) in [5.74, 6) is -0.507. The molecule has 22 heavy (non-hydrogen) atoms. The van der Waals surface area contributed by atoms with Crippen molar-refractivity contribution in [3.8, 4) is 6.07 Å². The van der Waals surface area contributed by atoms with E-state index in [0.717, 1.165) is 16.6 Å². The van der Waals surface area contributed by atoms with Gasteiger partial charge in [-0.2, -0.15) is 5.26 Å². The molecule has 106 valence electrons. The summed E-state index contributed by atoms with van der Waals surface area (Å²) in [5.41, 5.74) is 2.17. The highest BCUT2D eigenvalue weighted by Gasteiger charge is 2.06. The third-order valence-corrected chi connectivity index (χ3v) is 3.14. The fraction of sp³-hybridized carbons (Fsp3) is 0. The van der Waals surface area contributed by atoms with E-state index in [0.29, 0.717) is 11.4 Å². The Bertz CT molecular complexity index is 898. The topological polar surface area (TPSA) is 98.9 Å². The first-order chi connectivity index (χ1) is 10.7. The van der Waals surface area contributed by atoms with Crippen LogP contribution in [-0.2, 0) is 0 Å². The molecule has 2 heterocycles. The summed E-state index contributed by atoms with van der Waals surface area (Å²) in [6, 6.07) is 12.2. The van der Waals surface area contributed by atoms with Crippen LogP contribution in [0.2, 0.25) is 0 Å². The number of benzene rings is 1. The number of carboxylic acids is 1. The van der Waals surface area contributed by atoms with Gasteiger partial charge < -0.3 is 10.4 Å². The maximum atomic E-state index is 10.8. The minimum atomic E-state index is -1.02. The number of pyridine rings is 2. The van der Waals surface area contributed by atoms with Crippen molar-refractivity contribution in [2.45, 2.75) is 0 Å². The highest BCUT2D eigenvalue weighted by molar-refractivity contribution is 5.93. The number of aromatic nitrogens is 2. The van der Waals surface area contributed by atoms with E-state index in [4.69, 9.17) is 10.4 Å². The summed E-state index contributed by atoms with van der Waals surface area (Å²) >= 11 is 0. The lowest BCUT2D eigenvalue weighted by atomic mass is 10.1. The summed E-state index contributed by atoms with van der Waals surface area (Å²) in [6.45, 7) is 0. The molecule has 0 unspecified atom stereocenters. The fourth-order valence-corrected chi connectivity index (χ4v) is 2.06. The molecule has 0 saturated heterocycles. The van der Waals surface area contributed by atoms with Gasteiger partial charge in [0.2, 0.25) is 0 Å². The van der Waals surface area contributed by atoms with Crippen LogP contribution in [-0.4, -0.2) is 21.0 Å². The smallest absolute Gasteiger partial charge is 0.337 e. The highest BCUT2D eigenvalue weighted by atomic mass is 16.4. The summed E-state index contributed by atoms with van der Waals surface area (Å²) in [6.07, 6.45) is 2.94. The molecule has 0 saturated carbocycles. The van der Waals surface area contributed by atoms with Crippen molar-refractivity contribution in [2.24, 2.45) is 0 Å². The molecular weight excluding hydrogens is 280 g/mol. The van der Waals surface area contributed by atoms with E-state index in [9.17, 15) is 4.79 Å². The van der Waals surface area contributed by atoms with Gasteiger partial charge in [-0.1, -0.05) is 0 Å². The second-order valence-electron chi connectivity index (χ2n) is 4.56. The maximum Gasteiger partial charge on any atom is 0.337 e. The van der Waals surface area contributed by atoms with Crippen molar-refractivity contribution in [1.82, 2.24) is 9.97 Å². The Morgan fingerprint density at radius 1 is 1.18 bits per heavy atom. The quantitative estimate of drug-likeness (QED) is 0.769. The number of nitrogens with one attached hydrogen (secondary N) is 1. The van der Waals surface area contributed by atoms with Crippen LogP contribution in [0.5, 0.6) is 0 Å². The number of rotatable bonds is 3. The molecule has 1 aromatic carbocycles. The van der Waals surface area contributed by atoms with Gasteiger partial charge in [-0.05, 0) is 36.4 Å². The van der Waals surface area contributed by atoms with E-state index < -0.39 is 5.97 Å². The van der Waals surface area contributed by atoms with Crippen LogP contribution in [0.4, 0.5) is 11.5 Å². The summed E-state index contributed by atoms with van der Waals surface area (Å²) in [4.78, 5) is 19.1. The van der Waals surface area contributed by atoms with Gasteiger partial charge in [0, 0.05) is 17.8 Å². The van der Waals surface area contributed by atoms with Gasteiger partial charge in [0.15, 0.2) is 0 Å². The Labute approximate surface area is 125 Å². The van der Waals surface area contributed by atoms with Crippen molar-refractivity contribution >= 4 is 28.4 Å². The molecule has 6 nitrogen and oxygen atoms in total. The maximum absolute atomic E-state index is 10.8. The number of nitrogens with zero attached hydrogens (tertiary/aromatic N) is 3. The van der Waals surface area contributed by atoms with Crippen molar-refractivity contribution in [2.75, 3.05) is 5.32 Å². The number of aromatic carboxylic acids is 1. The van der Waals surface area contributed by atoms with Crippen molar-refractivity contribution in [3.63, 3.8) is 0 Å². The second-order valence-corrected chi connectivity index (χ2v) is 4.56. The number of fused-ring (bicyclic) bond motifs is 1. The number of anilines is 2. The van der Waals surface area contributed by atoms with E-state index >= 15 is 0 Å². The van der Waals surface area contributed by atoms with Crippen LogP contribution < -0.4 is 5.32 Å². The van der Waals surface area contributed by atoms with Crippen LogP contribution in [0.3, 0.4) is 0 Å². The Hall–Kier alpha value is -3.46. The molecule has 0 aliphatic carbocycles. The van der Waals surface area contributed by atoms with Crippen LogP contribution in [0.25, 0.3) is 10.9 Å². The Morgan fingerprint density at radius 3 is 2.73 bits per heavy atom. The van der Waals surface area contributed by atoms with Crippen LogP contribution >= 0.6 is 0 Å². The number of carboxylic acid groups (broad SMARTS) is 1. The van der Waals surface area contributed by atoms with E-state index in [1.54, 1.807) is 36.5 Å². The zero-order chi connectivity index (χ0) is 15.5. The van der Waals surface area contributed by atoms with Gasteiger partial charge in [-0.15, -0.1) is 0 Å². The molecule has 0 aliphatic heterocycles. The molecular formula is C16H10N4O2. The molecule has 2 N–H and O–H groups in total. The van der Waals surface area contributed by atoms with Gasteiger partial charge >= 0.3 is 5.97 Å². The predicted molar refractivity (Wildman–Crippen MR) is 80.9 cm³/mol. The third kappa shape index (κ3) is 2.55. The minimum Gasteiger partial charge on any atom is -0.478 e. The minimum absolute atomic E-state index is 0.122. The normalized spacial score (nSPS) is 10.1. The van der Waals surface area contributed by atoms with Crippen molar-refractivity contribution in [1.29, 1.82) is 5.26 Å². The van der Waals surface area contributed by atoms with Gasteiger partial charge in [0.05, 0.1) is 28.4 Å². The molecule has 3 aromatic rings. The van der Waals surface area contributed by atoms with Gasteiger partial charge in [-0.3, -0.25) is 4.98 Å². The average molecular weight is 290 g/mol. The number of nitriles is 1. The third-order valence-electron chi connectivity index (χ3n) is 3.14. The molecule has 0 amide bonds. The van der Waals surface area contributed by atoms with Crippen LogP contribution in [0.1, 0.15) is 15.9 Å². The van der Waals surface area contributed by atoms with Crippen LogP contribution in [0, 0.1) is 11.3 Å². The molecule has 6 heteroatoms. The summed E-state index contributed by atoms with van der Waals surface area (Å²) < 4.78 is 0. The largest absolute Gasteiger partial charge is 0.478 e. The standard InChI is InChI=1S/C16H10N4O2/c17-8-10-1-3-13-12(7-10)14(5-6-18-13)20-15-4-2-11(9-19-15)16(21)22/h1-7,9H,(H,21,22)(H,18,19,20). The lowest BCUT2D eigenvalue weighted by Crippen LogP contribution is -1.99. The summed E-state index contributed by atoms with van der Waals surface area (Å²) in [5, 5.41) is 21.8. The number of hydrogen-bond donors (Lipinski definition) is 2. The Kier molecular flexibility index (Phi) is 3.38. The second kappa shape index (κ2) is 5.50. The first-order valence-electron chi connectivity index (χ1n) is 6.42. The Morgan fingerprint density at radius 2 is 2.05 bits per heavy atom. The molecule has 0 atom stereocenters. The van der Waals surface area contributed by atoms with Crippen LogP contribution in [0.15, 0.2) is 48.8 Å². The zero-order valence-corrected chi connectivity index (χ0v) is 11.3. The van der Waals surface area contributed by atoms with Gasteiger partial charge in [-0.25, -0.2) is 9.78 Å². The van der Waals surface area contributed by atoms with Gasteiger partial charge in [0.1, 0.15) is 5.82 Å². The first kappa shape index (κ1) is 13.5. The number of hydrogen-bond acceptors (Lipinski definition) is 5. The average Bonchev–Trinajstić information content (AvgIpc) is 2.55. The molecule has 0 fully saturated rings. The SMILES string of the molecule is N#Cc1ccc2nccc(Nc3ccc(C(=O)O)cn3)c2c1. The highest BCUT2D eigenvalue weighted by Crippen LogP contribution is 2.25. The molecule has 0 spiro atoms. The molecule has 0 aliphatic rings. The number of carbonyl (C=O) groups is 1. The lowest BCUT2D eigenvalue weighted by molar-refractivity contribution is 0.0696. The van der Waals surface area contributed by atoms with E-state index in [1.165, 1.54) is 12.3 Å². The Balaban J connectivity index is 1.99. The molecule has 0 bridgehead atoms. The van der Waals surface area contributed by atoms with Crippen molar-refractivity contribution < 1.29 is 9.90 Å². The predicted octanol–water partition coefficient (Wildman–Crippen LogP) is 2.94. The lowest BCUT2D eigenvalue weighted by Gasteiger charge is -2.09. The van der Waals surface area contributed by atoms with E-state index in [-0.39, 0.29) is 5.56 Å². The monoisotopic (exact) mass is 290 g/mol. The van der Waals surface area contributed by atoms with E-state index in [1.807, 2.05) is 0 Å². The first-order valence-corrected chi connectivity index (χ1v) is 6.42. The van der Waals surface area contributed by atoms with E-state index in [2.05, 4.69) is 21.4 Å². The van der Waals surface area contributed by atoms with Gasteiger partial charge in [0.25, 0.3) is 0 Å². The zero-order valence-electron chi connectivity index (χ0n) is 11.3. The molecule has 3 rings (SSSR count). The fourth-order valence-electron chi connectivity index (χ4n) is 2.06. The van der Waals surface area contributed by atoms with Crippen molar-refractivity contribution in [3.05, 3.63) is 59.9 Å². The molecule has 2 aromatic heterocycles. The molecule has 0 radical (unpaired) electrons. The summed E-state index contributed by atoms with van der Waals surface area (Å²) in [7, 11) is 0.